The van der Waals surface area contributed by atoms with Crippen molar-refractivity contribution in [3.05, 3.63) is 5.89 Å². The lowest BCUT2D eigenvalue weighted by molar-refractivity contribution is 0.122. The molecular formula is C11H15N7O2S. The summed E-state index contributed by atoms with van der Waals surface area (Å²) in [7, 11) is 1.77. The van der Waals surface area contributed by atoms with Gasteiger partial charge in [0.15, 0.2) is 0 Å². The molecule has 0 radical (unpaired) electrons. The van der Waals surface area contributed by atoms with Gasteiger partial charge in [-0.3, -0.25) is 0 Å². The van der Waals surface area contributed by atoms with Crippen molar-refractivity contribution >= 4 is 23.7 Å². The van der Waals surface area contributed by atoms with E-state index in [2.05, 4.69) is 35.4 Å². The maximum absolute atomic E-state index is 5.34. The number of hydrogen-bond donors (Lipinski definition) is 1. The van der Waals surface area contributed by atoms with Crippen molar-refractivity contribution < 1.29 is 9.15 Å². The van der Waals surface area contributed by atoms with E-state index in [-0.39, 0.29) is 0 Å². The Hall–Kier alpha value is -1.94. The first-order valence-electron chi connectivity index (χ1n) is 6.49. The second-order valence-electron chi connectivity index (χ2n) is 4.28. The van der Waals surface area contributed by atoms with Crippen LogP contribution in [-0.4, -0.2) is 58.5 Å². The molecule has 1 saturated heterocycles. The van der Waals surface area contributed by atoms with Gasteiger partial charge in [-0.15, -0.1) is 10.2 Å². The summed E-state index contributed by atoms with van der Waals surface area (Å²) in [5.74, 6) is 1.63. The Morgan fingerprint density at radius 2 is 1.95 bits per heavy atom. The van der Waals surface area contributed by atoms with E-state index >= 15 is 0 Å². The van der Waals surface area contributed by atoms with Gasteiger partial charge in [0.25, 0.3) is 5.22 Å². The summed E-state index contributed by atoms with van der Waals surface area (Å²) in [4.78, 5) is 15.2. The molecule has 3 rings (SSSR count). The molecule has 1 N–H and O–H groups in total. The molecule has 0 aliphatic carbocycles. The SMILES string of the molecule is CNc1nc(Sc2nnc(C)o2)nc(N2CCOCC2)n1. The molecule has 0 unspecified atom stereocenters. The van der Waals surface area contributed by atoms with Crippen LogP contribution in [0.2, 0.25) is 0 Å². The number of aryl methyl sites for hydroxylation is 1. The molecule has 0 atom stereocenters. The fourth-order valence-corrected chi connectivity index (χ4v) is 2.47. The minimum absolute atomic E-state index is 0.411. The maximum Gasteiger partial charge on any atom is 0.284 e. The second kappa shape index (κ2) is 6.22. The molecule has 1 aliphatic heterocycles. The summed E-state index contributed by atoms with van der Waals surface area (Å²) < 4.78 is 10.7. The van der Waals surface area contributed by atoms with Gasteiger partial charge in [0.2, 0.25) is 22.9 Å². The molecule has 0 saturated carbocycles. The largest absolute Gasteiger partial charge is 0.416 e. The van der Waals surface area contributed by atoms with Crippen molar-refractivity contribution in [3.8, 4) is 0 Å². The Morgan fingerprint density at radius 1 is 1.14 bits per heavy atom. The van der Waals surface area contributed by atoms with E-state index in [0.717, 1.165) is 13.1 Å². The van der Waals surface area contributed by atoms with Crippen molar-refractivity contribution in [1.29, 1.82) is 0 Å². The standard InChI is InChI=1S/C11H15N7O2S/c1-7-16-17-11(20-7)21-10-14-8(12-2)13-9(15-10)18-3-5-19-6-4-18/h3-6H2,1-2H3,(H,12,13,14,15). The minimum atomic E-state index is 0.411. The predicted molar refractivity (Wildman–Crippen MR) is 75.6 cm³/mol. The van der Waals surface area contributed by atoms with Crippen LogP contribution in [0.25, 0.3) is 0 Å². The highest BCUT2D eigenvalue weighted by atomic mass is 32.2. The van der Waals surface area contributed by atoms with E-state index < -0.39 is 0 Å². The summed E-state index contributed by atoms with van der Waals surface area (Å²) >= 11 is 1.22. The lowest BCUT2D eigenvalue weighted by Gasteiger charge is -2.26. The molecule has 2 aromatic rings. The second-order valence-corrected chi connectivity index (χ2v) is 5.20. The van der Waals surface area contributed by atoms with Crippen LogP contribution in [0, 0.1) is 6.92 Å². The first-order valence-corrected chi connectivity index (χ1v) is 7.31. The fraction of sp³-hybridized carbons (Fsp3) is 0.545. The third-order valence-electron chi connectivity index (χ3n) is 2.81. The number of aromatic nitrogens is 5. The molecule has 0 amide bonds. The molecule has 2 aromatic heterocycles. The summed E-state index contributed by atoms with van der Waals surface area (Å²) in [6.07, 6.45) is 0. The van der Waals surface area contributed by atoms with Crippen LogP contribution in [0.15, 0.2) is 14.8 Å². The Morgan fingerprint density at radius 3 is 2.62 bits per heavy atom. The van der Waals surface area contributed by atoms with E-state index in [9.17, 15) is 0 Å². The van der Waals surface area contributed by atoms with Crippen molar-refractivity contribution in [2.75, 3.05) is 43.6 Å². The molecule has 21 heavy (non-hydrogen) atoms. The number of nitrogens with one attached hydrogen (secondary N) is 1. The van der Waals surface area contributed by atoms with Crippen LogP contribution in [-0.2, 0) is 4.74 Å². The van der Waals surface area contributed by atoms with E-state index in [1.165, 1.54) is 11.8 Å². The van der Waals surface area contributed by atoms with E-state index in [0.29, 0.717) is 41.4 Å². The highest BCUT2D eigenvalue weighted by Crippen LogP contribution is 2.25. The van der Waals surface area contributed by atoms with Crippen molar-refractivity contribution in [3.63, 3.8) is 0 Å². The molecule has 1 fully saturated rings. The number of morpholine rings is 1. The maximum atomic E-state index is 5.34. The van der Waals surface area contributed by atoms with Gasteiger partial charge in [0.05, 0.1) is 13.2 Å². The van der Waals surface area contributed by atoms with E-state index in [1.54, 1.807) is 14.0 Å². The van der Waals surface area contributed by atoms with Crippen molar-refractivity contribution in [2.24, 2.45) is 0 Å². The van der Waals surface area contributed by atoms with Gasteiger partial charge in [-0.2, -0.15) is 15.0 Å². The smallest absolute Gasteiger partial charge is 0.284 e. The van der Waals surface area contributed by atoms with Crippen molar-refractivity contribution in [2.45, 2.75) is 17.3 Å². The fourth-order valence-electron chi connectivity index (χ4n) is 1.81. The van der Waals surface area contributed by atoms with Gasteiger partial charge in [-0.25, -0.2) is 0 Å². The topological polar surface area (TPSA) is 102 Å². The summed E-state index contributed by atoms with van der Waals surface area (Å²) in [5, 5.41) is 11.6. The lowest BCUT2D eigenvalue weighted by atomic mass is 10.4. The number of hydrogen-bond acceptors (Lipinski definition) is 10. The molecule has 0 bridgehead atoms. The Balaban J connectivity index is 1.85. The van der Waals surface area contributed by atoms with E-state index in [4.69, 9.17) is 9.15 Å². The highest BCUT2D eigenvalue weighted by Gasteiger charge is 2.17. The molecule has 0 aromatic carbocycles. The van der Waals surface area contributed by atoms with Crippen LogP contribution < -0.4 is 10.2 Å². The van der Waals surface area contributed by atoms with Gasteiger partial charge < -0.3 is 19.4 Å². The predicted octanol–water partition coefficient (Wildman–Crippen LogP) is 0.593. The molecule has 112 valence electrons. The Bertz CT molecular complexity index is 614. The monoisotopic (exact) mass is 309 g/mol. The van der Waals surface area contributed by atoms with Gasteiger partial charge in [-0.05, 0) is 0 Å². The first kappa shape index (κ1) is 14.0. The molecule has 10 heteroatoms. The van der Waals surface area contributed by atoms with Crippen LogP contribution in [0.4, 0.5) is 11.9 Å². The van der Waals surface area contributed by atoms with Gasteiger partial charge in [0.1, 0.15) is 0 Å². The zero-order chi connectivity index (χ0) is 14.7. The van der Waals surface area contributed by atoms with E-state index in [1.807, 2.05) is 0 Å². The zero-order valence-corrected chi connectivity index (χ0v) is 12.6. The Kier molecular flexibility index (Phi) is 4.15. The van der Waals surface area contributed by atoms with Gasteiger partial charge >= 0.3 is 0 Å². The number of anilines is 2. The Labute approximate surface area is 125 Å². The zero-order valence-electron chi connectivity index (χ0n) is 11.7. The average molecular weight is 309 g/mol. The normalized spacial score (nSPS) is 15.2. The molecule has 3 heterocycles. The number of nitrogens with zero attached hydrogens (tertiary/aromatic N) is 6. The van der Waals surface area contributed by atoms with Crippen LogP contribution in [0.1, 0.15) is 5.89 Å². The average Bonchev–Trinajstić information content (AvgIpc) is 2.93. The lowest BCUT2D eigenvalue weighted by Crippen LogP contribution is -2.37. The van der Waals surface area contributed by atoms with Crippen LogP contribution in [0.3, 0.4) is 0 Å². The quantitative estimate of drug-likeness (QED) is 0.863. The molecule has 1 aliphatic rings. The summed E-state index contributed by atoms with van der Waals surface area (Å²) in [6, 6.07) is 0. The van der Waals surface area contributed by atoms with Gasteiger partial charge in [-0.1, -0.05) is 0 Å². The summed E-state index contributed by atoms with van der Waals surface area (Å²) in [5.41, 5.74) is 0. The van der Waals surface area contributed by atoms with Gasteiger partial charge in [0, 0.05) is 38.8 Å². The molecule has 0 spiro atoms. The number of ether oxygens (including phenoxy) is 1. The third-order valence-corrected chi connectivity index (χ3v) is 3.51. The van der Waals surface area contributed by atoms with Crippen LogP contribution >= 0.6 is 11.8 Å². The van der Waals surface area contributed by atoms with Crippen LogP contribution in [0.5, 0.6) is 0 Å². The highest BCUT2D eigenvalue weighted by molar-refractivity contribution is 7.98. The minimum Gasteiger partial charge on any atom is -0.416 e. The third kappa shape index (κ3) is 3.39. The summed E-state index contributed by atoms with van der Waals surface area (Å²) in [6.45, 7) is 4.61. The first-order chi connectivity index (χ1) is 10.2. The number of rotatable bonds is 4. The molecular weight excluding hydrogens is 294 g/mol. The van der Waals surface area contributed by atoms with Crippen molar-refractivity contribution in [1.82, 2.24) is 25.1 Å². The molecule has 9 nitrogen and oxygen atoms in total.